The predicted molar refractivity (Wildman–Crippen MR) is 103 cm³/mol. The van der Waals surface area contributed by atoms with Crippen molar-refractivity contribution in [2.45, 2.75) is 13.8 Å². The van der Waals surface area contributed by atoms with E-state index in [1.165, 1.54) is 17.8 Å². The first-order valence-electron chi connectivity index (χ1n) is 8.01. The number of carbonyl (C=O) groups excluding carboxylic acids is 1. The Morgan fingerprint density at radius 3 is 2.73 bits per heavy atom. The Balaban J connectivity index is 1.84. The molecule has 0 radical (unpaired) electrons. The molecule has 1 aliphatic rings. The summed E-state index contributed by atoms with van der Waals surface area (Å²) in [6.07, 6.45) is 1.69. The van der Waals surface area contributed by atoms with Gasteiger partial charge in [0.1, 0.15) is 11.4 Å². The summed E-state index contributed by atoms with van der Waals surface area (Å²) in [7, 11) is 0. The topological polar surface area (TPSA) is 91.2 Å². The number of aliphatic imine (C=N–C) groups is 1. The molecule has 1 aliphatic heterocycles. The van der Waals surface area contributed by atoms with Crippen molar-refractivity contribution in [1.29, 1.82) is 0 Å². The molecule has 1 amide bonds. The van der Waals surface area contributed by atoms with Crippen LogP contribution in [0.5, 0.6) is 17.2 Å². The van der Waals surface area contributed by atoms with Gasteiger partial charge in [0.05, 0.1) is 11.5 Å². The summed E-state index contributed by atoms with van der Waals surface area (Å²) >= 11 is 1.18. The van der Waals surface area contributed by atoms with Crippen molar-refractivity contribution in [3.05, 3.63) is 52.4 Å². The second kappa shape index (κ2) is 7.53. The summed E-state index contributed by atoms with van der Waals surface area (Å²) in [6.45, 7) is 4.13. The Labute approximate surface area is 155 Å². The minimum Gasteiger partial charge on any atom is -0.506 e. The lowest BCUT2D eigenvalue weighted by Gasteiger charge is -2.06. The summed E-state index contributed by atoms with van der Waals surface area (Å²) in [5.74, 6) is 0.203. The average Bonchev–Trinajstić information content (AvgIpc) is 2.93. The number of aromatic hydroxyl groups is 2. The molecule has 0 aliphatic carbocycles. The van der Waals surface area contributed by atoms with Crippen LogP contribution in [0.25, 0.3) is 6.08 Å². The van der Waals surface area contributed by atoms with Gasteiger partial charge in [-0.1, -0.05) is 12.1 Å². The highest BCUT2D eigenvalue weighted by Crippen LogP contribution is 2.33. The van der Waals surface area contributed by atoms with Crippen molar-refractivity contribution < 1.29 is 19.7 Å². The maximum Gasteiger partial charge on any atom is 0.264 e. The Bertz CT molecular complexity index is 922. The van der Waals surface area contributed by atoms with Crippen molar-refractivity contribution in [3.8, 4) is 17.2 Å². The fourth-order valence-corrected chi connectivity index (χ4v) is 3.20. The van der Waals surface area contributed by atoms with Gasteiger partial charge in [0.15, 0.2) is 16.7 Å². The van der Waals surface area contributed by atoms with Crippen molar-refractivity contribution in [3.63, 3.8) is 0 Å². The Kier molecular flexibility index (Phi) is 5.18. The lowest BCUT2D eigenvalue weighted by Crippen LogP contribution is -2.19. The molecule has 134 valence electrons. The van der Waals surface area contributed by atoms with E-state index in [4.69, 9.17) is 4.74 Å². The van der Waals surface area contributed by atoms with Gasteiger partial charge >= 0.3 is 0 Å². The van der Waals surface area contributed by atoms with Crippen LogP contribution < -0.4 is 10.1 Å². The summed E-state index contributed by atoms with van der Waals surface area (Å²) in [4.78, 5) is 16.9. The quantitative estimate of drug-likeness (QED) is 0.714. The number of benzene rings is 2. The second-order valence-corrected chi connectivity index (χ2v) is 6.66. The molecule has 7 heteroatoms. The summed E-state index contributed by atoms with van der Waals surface area (Å²) in [5.41, 5.74) is 2.04. The standard InChI is InChI=1S/C19H18N2O4S/c1-3-25-16-9-12(5-7-14(16)22)10-17-18(24)21-19(26-17)20-13-6-4-11(2)8-15(13)23/h4-10,22-23H,3H2,1-2H3,(H,20,21,24)/b17-10-. The minimum absolute atomic E-state index is 0.0506. The van der Waals surface area contributed by atoms with E-state index < -0.39 is 0 Å². The predicted octanol–water partition coefficient (Wildman–Crippen LogP) is 3.70. The molecule has 3 rings (SSSR count). The van der Waals surface area contributed by atoms with Crippen LogP contribution in [0.4, 0.5) is 5.69 Å². The number of thioether (sulfide) groups is 1. The number of carbonyl (C=O) groups is 1. The van der Waals surface area contributed by atoms with E-state index in [1.54, 1.807) is 30.3 Å². The van der Waals surface area contributed by atoms with Gasteiger partial charge < -0.3 is 20.3 Å². The molecule has 2 aromatic carbocycles. The molecule has 1 fully saturated rings. The average molecular weight is 370 g/mol. The van der Waals surface area contributed by atoms with Gasteiger partial charge in [0.25, 0.3) is 5.91 Å². The van der Waals surface area contributed by atoms with E-state index in [0.717, 1.165) is 11.1 Å². The molecular weight excluding hydrogens is 352 g/mol. The highest BCUT2D eigenvalue weighted by molar-refractivity contribution is 8.18. The van der Waals surface area contributed by atoms with E-state index in [-0.39, 0.29) is 17.4 Å². The first-order valence-corrected chi connectivity index (χ1v) is 8.83. The number of hydrogen-bond donors (Lipinski definition) is 3. The van der Waals surface area contributed by atoms with E-state index in [9.17, 15) is 15.0 Å². The summed E-state index contributed by atoms with van der Waals surface area (Å²) in [5, 5.41) is 22.8. The number of nitrogens with one attached hydrogen (secondary N) is 1. The number of hydrogen-bond acceptors (Lipinski definition) is 6. The number of phenolic OH excluding ortho intramolecular Hbond substituents is 2. The fourth-order valence-electron chi connectivity index (χ4n) is 2.36. The van der Waals surface area contributed by atoms with E-state index >= 15 is 0 Å². The molecule has 3 N–H and O–H groups in total. The first-order chi connectivity index (χ1) is 12.5. The van der Waals surface area contributed by atoms with Crippen molar-refractivity contribution in [1.82, 2.24) is 5.32 Å². The molecule has 0 spiro atoms. The Hall–Kier alpha value is -2.93. The van der Waals surface area contributed by atoms with E-state index in [1.807, 2.05) is 19.9 Å². The van der Waals surface area contributed by atoms with Crippen LogP contribution in [0.2, 0.25) is 0 Å². The maximum atomic E-state index is 12.2. The number of rotatable bonds is 4. The van der Waals surface area contributed by atoms with Gasteiger partial charge in [-0.3, -0.25) is 4.79 Å². The molecule has 0 unspecified atom stereocenters. The Morgan fingerprint density at radius 2 is 2.00 bits per heavy atom. The number of nitrogens with zero attached hydrogens (tertiary/aromatic N) is 1. The molecule has 6 nitrogen and oxygen atoms in total. The first kappa shape index (κ1) is 17.9. The number of amides is 1. The zero-order valence-corrected chi connectivity index (χ0v) is 15.1. The van der Waals surface area contributed by atoms with Gasteiger partial charge in [-0.2, -0.15) is 0 Å². The highest BCUT2D eigenvalue weighted by atomic mass is 32.2. The summed E-state index contributed by atoms with van der Waals surface area (Å²) in [6, 6.07) is 10.0. The Morgan fingerprint density at radius 1 is 1.19 bits per heavy atom. The van der Waals surface area contributed by atoms with Crippen LogP contribution in [-0.4, -0.2) is 27.9 Å². The monoisotopic (exact) mass is 370 g/mol. The molecule has 1 saturated heterocycles. The third-order valence-electron chi connectivity index (χ3n) is 3.59. The van der Waals surface area contributed by atoms with Gasteiger partial charge in [0.2, 0.25) is 0 Å². The SMILES string of the molecule is CCOc1cc(/C=C2\SC(=Nc3ccc(C)cc3O)NC2=O)ccc1O. The normalized spacial score (nSPS) is 16.9. The highest BCUT2D eigenvalue weighted by Gasteiger charge is 2.24. The molecule has 26 heavy (non-hydrogen) atoms. The fraction of sp³-hybridized carbons (Fsp3) is 0.158. The van der Waals surface area contributed by atoms with Crippen LogP contribution in [0, 0.1) is 6.92 Å². The third kappa shape index (κ3) is 4.00. The van der Waals surface area contributed by atoms with Gasteiger partial charge in [-0.25, -0.2) is 4.99 Å². The van der Waals surface area contributed by atoms with Crippen molar-refractivity contribution in [2.24, 2.45) is 4.99 Å². The maximum absolute atomic E-state index is 12.2. The van der Waals surface area contributed by atoms with Crippen LogP contribution >= 0.6 is 11.8 Å². The van der Waals surface area contributed by atoms with Crippen LogP contribution in [0.1, 0.15) is 18.1 Å². The van der Waals surface area contributed by atoms with Gasteiger partial charge in [-0.05, 0) is 67.1 Å². The van der Waals surface area contributed by atoms with E-state index in [0.29, 0.717) is 28.1 Å². The van der Waals surface area contributed by atoms with Crippen LogP contribution in [0.15, 0.2) is 46.3 Å². The molecule has 0 saturated carbocycles. The number of aryl methyl sites for hydroxylation is 1. The zero-order valence-electron chi connectivity index (χ0n) is 14.3. The summed E-state index contributed by atoms with van der Waals surface area (Å²) < 4.78 is 5.35. The molecule has 0 aromatic heterocycles. The third-order valence-corrected chi connectivity index (χ3v) is 4.50. The van der Waals surface area contributed by atoms with Crippen LogP contribution in [-0.2, 0) is 4.79 Å². The smallest absolute Gasteiger partial charge is 0.264 e. The van der Waals surface area contributed by atoms with E-state index in [2.05, 4.69) is 10.3 Å². The molecule has 0 atom stereocenters. The second-order valence-electron chi connectivity index (χ2n) is 5.63. The van der Waals surface area contributed by atoms with Gasteiger partial charge in [-0.15, -0.1) is 0 Å². The molecule has 0 bridgehead atoms. The van der Waals surface area contributed by atoms with Crippen molar-refractivity contribution in [2.75, 3.05) is 6.61 Å². The largest absolute Gasteiger partial charge is 0.506 e. The zero-order chi connectivity index (χ0) is 18.7. The lowest BCUT2D eigenvalue weighted by atomic mass is 10.2. The number of ether oxygens (including phenoxy) is 1. The number of phenols is 2. The van der Waals surface area contributed by atoms with Crippen LogP contribution in [0.3, 0.4) is 0 Å². The number of amidine groups is 1. The molecule has 2 aromatic rings. The van der Waals surface area contributed by atoms with Gasteiger partial charge in [0, 0.05) is 0 Å². The van der Waals surface area contributed by atoms with Crippen molar-refractivity contribution >= 4 is 34.6 Å². The molecule has 1 heterocycles. The molecular formula is C19H18N2O4S. The lowest BCUT2D eigenvalue weighted by molar-refractivity contribution is -0.115. The minimum atomic E-state index is -0.272.